The summed E-state index contributed by atoms with van der Waals surface area (Å²) < 4.78 is 0. The van der Waals surface area contributed by atoms with Gasteiger partial charge in [-0.3, -0.25) is 0 Å². The third-order valence-corrected chi connectivity index (χ3v) is 3.58. The van der Waals surface area contributed by atoms with Gasteiger partial charge < -0.3 is 16.0 Å². The second kappa shape index (κ2) is 5.12. The van der Waals surface area contributed by atoms with Gasteiger partial charge in [0.25, 0.3) is 0 Å². The van der Waals surface area contributed by atoms with E-state index in [1.807, 2.05) is 18.2 Å². The van der Waals surface area contributed by atoms with Gasteiger partial charge in [0.2, 0.25) is 0 Å². The zero-order valence-electron chi connectivity index (χ0n) is 8.93. The van der Waals surface area contributed by atoms with Crippen molar-refractivity contribution in [3.05, 3.63) is 30.3 Å². The molecule has 1 heterocycles. The molecule has 0 aromatic heterocycles. The number of rotatable bonds is 2. The number of thioether (sulfide) groups is 1. The molecule has 4 nitrogen and oxygen atoms in total. The lowest BCUT2D eigenvalue weighted by Crippen LogP contribution is -2.48. The topological polar surface area (TPSA) is 58.4 Å². The summed E-state index contributed by atoms with van der Waals surface area (Å²) in [5.41, 5.74) is 6.32. The lowest BCUT2D eigenvalue weighted by atomic mass is 10.3. The maximum Gasteiger partial charge on any atom is 0.313 e. The van der Waals surface area contributed by atoms with Gasteiger partial charge in [-0.15, -0.1) is 11.8 Å². The molecule has 1 aromatic rings. The van der Waals surface area contributed by atoms with Crippen molar-refractivity contribution >= 4 is 23.5 Å². The smallest absolute Gasteiger partial charge is 0.313 e. The number of nitrogens with one attached hydrogen (secondary N) is 1. The van der Waals surface area contributed by atoms with Gasteiger partial charge in [-0.2, -0.15) is 0 Å². The predicted octanol–water partition coefficient (Wildman–Crippen LogP) is 1.23. The maximum absolute atomic E-state index is 10.8. The number of amides is 2. The standard InChI is InChI=1S/C11H15N3OS/c12-11(15)13-10-8-14(6-7-16-10)9-4-2-1-3-5-9/h1-5,10H,6-8H2,(H3,12,13,15). The third kappa shape index (κ3) is 2.82. The zero-order chi connectivity index (χ0) is 11.4. The van der Waals surface area contributed by atoms with Crippen molar-refractivity contribution < 1.29 is 4.79 Å². The van der Waals surface area contributed by atoms with E-state index in [1.165, 1.54) is 5.69 Å². The third-order valence-electron chi connectivity index (χ3n) is 2.49. The van der Waals surface area contributed by atoms with Crippen LogP contribution in [0.15, 0.2) is 30.3 Å². The Morgan fingerprint density at radius 2 is 2.19 bits per heavy atom. The van der Waals surface area contributed by atoms with Crippen LogP contribution in [-0.4, -0.2) is 30.2 Å². The second-order valence-electron chi connectivity index (χ2n) is 3.65. The van der Waals surface area contributed by atoms with Crippen molar-refractivity contribution in [3.8, 4) is 0 Å². The van der Waals surface area contributed by atoms with Gasteiger partial charge in [0, 0.05) is 24.5 Å². The zero-order valence-corrected chi connectivity index (χ0v) is 9.74. The number of anilines is 1. The van der Waals surface area contributed by atoms with Gasteiger partial charge >= 0.3 is 6.03 Å². The molecule has 86 valence electrons. The summed E-state index contributed by atoms with van der Waals surface area (Å²) in [6.07, 6.45) is 0. The molecule has 1 aliphatic rings. The predicted molar refractivity (Wildman–Crippen MR) is 67.6 cm³/mol. The molecular weight excluding hydrogens is 222 g/mol. The monoisotopic (exact) mass is 237 g/mol. The molecule has 1 saturated heterocycles. The van der Waals surface area contributed by atoms with Crippen LogP contribution in [0, 0.1) is 0 Å². The largest absolute Gasteiger partial charge is 0.368 e. The number of carbonyl (C=O) groups is 1. The Bertz CT molecular complexity index is 358. The highest BCUT2D eigenvalue weighted by Gasteiger charge is 2.20. The van der Waals surface area contributed by atoms with Gasteiger partial charge in [0.15, 0.2) is 0 Å². The van der Waals surface area contributed by atoms with Crippen LogP contribution in [0.1, 0.15) is 0 Å². The van der Waals surface area contributed by atoms with Crippen LogP contribution in [0.25, 0.3) is 0 Å². The first-order valence-electron chi connectivity index (χ1n) is 5.23. The molecule has 1 aromatic carbocycles. The number of hydrogen-bond acceptors (Lipinski definition) is 3. The summed E-state index contributed by atoms with van der Waals surface area (Å²) in [6.45, 7) is 1.81. The molecule has 2 amide bonds. The van der Waals surface area contributed by atoms with Crippen LogP contribution in [0.5, 0.6) is 0 Å². The van der Waals surface area contributed by atoms with Gasteiger partial charge in [-0.25, -0.2) is 4.79 Å². The minimum Gasteiger partial charge on any atom is -0.368 e. The number of nitrogens with two attached hydrogens (primary N) is 1. The van der Waals surface area contributed by atoms with Crippen LogP contribution in [0.4, 0.5) is 10.5 Å². The molecule has 1 aliphatic heterocycles. The Labute approximate surface area is 99.2 Å². The highest BCUT2D eigenvalue weighted by Crippen LogP contribution is 2.22. The van der Waals surface area contributed by atoms with E-state index >= 15 is 0 Å². The molecule has 1 unspecified atom stereocenters. The van der Waals surface area contributed by atoms with Crippen molar-refractivity contribution in [2.24, 2.45) is 5.73 Å². The fourth-order valence-corrected chi connectivity index (χ4v) is 2.86. The van der Waals surface area contributed by atoms with E-state index < -0.39 is 6.03 Å². The number of para-hydroxylation sites is 1. The molecule has 0 radical (unpaired) electrons. The maximum atomic E-state index is 10.8. The van der Waals surface area contributed by atoms with Crippen molar-refractivity contribution in [2.75, 3.05) is 23.7 Å². The molecule has 2 rings (SSSR count). The van der Waals surface area contributed by atoms with Crippen LogP contribution in [0.3, 0.4) is 0 Å². The summed E-state index contributed by atoms with van der Waals surface area (Å²) in [4.78, 5) is 13.1. The highest BCUT2D eigenvalue weighted by atomic mass is 32.2. The van der Waals surface area contributed by atoms with E-state index in [-0.39, 0.29) is 5.37 Å². The van der Waals surface area contributed by atoms with Crippen LogP contribution >= 0.6 is 11.8 Å². The Morgan fingerprint density at radius 3 is 2.88 bits per heavy atom. The lowest BCUT2D eigenvalue weighted by Gasteiger charge is -2.33. The molecule has 0 saturated carbocycles. The summed E-state index contributed by atoms with van der Waals surface area (Å²) in [6, 6.07) is 9.75. The summed E-state index contributed by atoms with van der Waals surface area (Å²) in [5.74, 6) is 1.000. The van der Waals surface area contributed by atoms with Gasteiger partial charge in [0.05, 0.1) is 5.37 Å². The average Bonchev–Trinajstić information content (AvgIpc) is 2.30. The number of nitrogens with zero attached hydrogens (tertiary/aromatic N) is 1. The fraction of sp³-hybridized carbons (Fsp3) is 0.364. The molecule has 1 atom stereocenters. The normalized spacial score (nSPS) is 20.5. The molecular formula is C11H15N3OS. The minimum atomic E-state index is -0.451. The second-order valence-corrected chi connectivity index (χ2v) is 4.96. The van der Waals surface area contributed by atoms with Crippen molar-refractivity contribution in [1.29, 1.82) is 0 Å². The lowest BCUT2D eigenvalue weighted by molar-refractivity contribution is 0.248. The Balaban J connectivity index is 1.99. The van der Waals surface area contributed by atoms with E-state index in [9.17, 15) is 4.79 Å². The number of benzene rings is 1. The van der Waals surface area contributed by atoms with Crippen LogP contribution < -0.4 is 16.0 Å². The summed E-state index contributed by atoms with van der Waals surface area (Å²) in [7, 11) is 0. The van der Waals surface area contributed by atoms with Crippen molar-refractivity contribution in [3.63, 3.8) is 0 Å². The molecule has 5 heteroatoms. The average molecular weight is 237 g/mol. The van der Waals surface area contributed by atoms with Crippen molar-refractivity contribution in [2.45, 2.75) is 5.37 Å². The van der Waals surface area contributed by atoms with Gasteiger partial charge in [-0.1, -0.05) is 18.2 Å². The number of carbonyl (C=O) groups excluding carboxylic acids is 1. The fourth-order valence-electron chi connectivity index (χ4n) is 1.77. The van der Waals surface area contributed by atoms with E-state index in [2.05, 4.69) is 22.3 Å². The molecule has 0 spiro atoms. The van der Waals surface area contributed by atoms with E-state index in [0.717, 1.165) is 18.8 Å². The van der Waals surface area contributed by atoms with Gasteiger partial charge in [0.1, 0.15) is 0 Å². The quantitative estimate of drug-likeness (QED) is 0.813. The highest BCUT2D eigenvalue weighted by molar-refractivity contribution is 8.00. The SMILES string of the molecule is NC(=O)NC1CN(c2ccccc2)CCS1. The molecule has 3 N–H and O–H groups in total. The van der Waals surface area contributed by atoms with E-state index in [0.29, 0.717) is 0 Å². The van der Waals surface area contributed by atoms with Crippen LogP contribution in [-0.2, 0) is 0 Å². The van der Waals surface area contributed by atoms with Crippen molar-refractivity contribution in [1.82, 2.24) is 5.32 Å². The van der Waals surface area contributed by atoms with E-state index in [1.54, 1.807) is 11.8 Å². The summed E-state index contributed by atoms with van der Waals surface area (Å²) >= 11 is 1.74. The number of primary amides is 1. The van der Waals surface area contributed by atoms with Crippen LogP contribution in [0.2, 0.25) is 0 Å². The molecule has 0 bridgehead atoms. The molecule has 0 aliphatic carbocycles. The minimum absolute atomic E-state index is 0.0893. The molecule has 1 fully saturated rings. The first-order valence-corrected chi connectivity index (χ1v) is 6.28. The first kappa shape index (κ1) is 11.1. The summed E-state index contributed by atoms with van der Waals surface area (Å²) in [5, 5.41) is 2.83. The Morgan fingerprint density at radius 1 is 1.44 bits per heavy atom. The first-order chi connectivity index (χ1) is 7.75. The molecule has 16 heavy (non-hydrogen) atoms. The van der Waals surface area contributed by atoms with Gasteiger partial charge in [-0.05, 0) is 12.1 Å². The number of hydrogen-bond donors (Lipinski definition) is 2. The number of urea groups is 1. The Hall–Kier alpha value is -1.36. The Kier molecular flexibility index (Phi) is 3.56. The van der Waals surface area contributed by atoms with E-state index in [4.69, 9.17) is 5.73 Å².